The van der Waals surface area contributed by atoms with Crippen LogP contribution in [0.15, 0.2) is 0 Å². The van der Waals surface area contributed by atoms with Gasteiger partial charge in [-0.25, -0.2) is 0 Å². The van der Waals surface area contributed by atoms with Crippen molar-refractivity contribution in [2.75, 3.05) is 6.61 Å². The summed E-state index contributed by atoms with van der Waals surface area (Å²) in [6.07, 6.45) is 4.57. The Morgan fingerprint density at radius 1 is 1.33 bits per heavy atom. The van der Waals surface area contributed by atoms with Crippen LogP contribution < -0.4 is 5.32 Å². The monoisotopic (exact) mass is 252 g/mol. The molecule has 5 heteroatoms. The van der Waals surface area contributed by atoms with Gasteiger partial charge in [0.1, 0.15) is 0 Å². The molecule has 1 N–H and O–H groups in total. The van der Waals surface area contributed by atoms with Gasteiger partial charge in [0, 0.05) is 18.7 Å². The highest BCUT2D eigenvalue weighted by atomic mass is 16.5. The molecule has 0 spiro atoms. The lowest BCUT2D eigenvalue weighted by Gasteiger charge is -2.23. The quantitative estimate of drug-likeness (QED) is 0.737. The van der Waals surface area contributed by atoms with Crippen molar-refractivity contribution in [1.29, 1.82) is 0 Å². The molecule has 0 radical (unpaired) electrons. The second-order valence-corrected chi connectivity index (χ2v) is 5.60. The fourth-order valence-electron chi connectivity index (χ4n) is 2.92. The number of nitrogens with one attached hydrogen (secondary N) is 1. The highest BCUT2D eigenvalue weighted by Gasteiger charge is 2.46. The van der Waals surface area contributed by atoms with Crippen LogP contribution in [0.25, 0.3) is 0 Å². The van der Waals surface area contributed by atoms with Crippen LogP contribution in [0.3, 0.4) is 0 Å². The summed E-state index contributed by atoms with van der Waals surface area (Å²) in [7, 11) is 0. The highest BCUT2D eigenvalue weighted by molar-refractivity contribution is 6.06. The molecule has 2 saturated heterocycles. The first-order valence-electron chi connectivity index (χ1n) is 6.90. The molecule has 2 amide bonds. The zero-order valence-electron chi connectivity index (χ0n) is 10.7. The van der Waals surface area contributed by atoms with E-state index in [-0.39, 0.29) is 36.0 Å². The Kier molecular flexibility index (Phi) is 3.11. The Bertz CT molecular complexity index is 361. The molecule has 18 heavy (non-hydrogen) atoms. The molecule has 2 aliphatic heterocycles. The fraction of sp³-hybridized carbons (Fsp3) is 0.846. The number of carbonyl (C=O) groups excluding carboxylic acids is 2. The number of likely N-dealkylation sites (tertiary alicyclic amines) is 1. The molecule has 0 bridgehead atoms. The van der Waals surface area contributed by atoms with Crippen molar-refractivity contribution in [3.05, 3.63) is 0 Å². The summed E-state index contributed by atoms with van der Waals surface area (Å²) < 4.78 is 5.60. The summed E-state index contributed by atoms with van der Waals surface area (Å²) in [5.74, 6) is -0.0492. The minimum absolute atomic E-state index is 0.0143. The van der Waals surface area contributed by atoms with Gasteiger partial charge in [-0.2, -0.15) is 0 Å². The molecule has 100 valence electrons. The number of imide groups is 1. The van der Waals surface area contributed by atoms with Gasteiger partial charge < -0.3 is 10.1 Å². The molecule has 3 unspecified atom stereocenters. The number of hydrogen-bond donors (Lipinski definition) is 1. The maximum Gasteiger partial charge on any atom is 0.247 e. The Labute approximate surface area is 107 Å². The Balaban J connectivity index is 1.59. The summed E-state index contributed by atoms with van der Waals surface area (Å²) in [5.41, 5.74) is 0. The average Bonchev–Trinajstić information content (AvgIpc) is 2.91. The SMILES string of the molecule is CC(NC1CC(=O)N(C2CC2)C1=O)C1CCCO1. The number of carbonyl (C=O) groups is 2. The summed E-state index contributed by atoms with van der Waals surface area (Å²) in [6, 6.07) is -0.0134. The van der Waals surface area contributed by atoms with Gasteiger partial charge in [-0.1, -0.05) is 0 Å². The van der Waals surface area contributed by atoms with E-state index in [2.05, 4.69) is 5.32 Å². The molecular formula is C13H20N2O3. The molecule has 0 aromatic carbocycles. The number of amides is 2. The van der Waals surface area contributed by atoms with Crippen LogP contribution in [0.1, 0.15) is 39.0 Å². The molecule has 2 heterocycles. The first kappa shape index (κ1) is 12.1. The zero-order chi connectivity index (χ0) is 12.7. The van der Waals surface area contributed by atoms with E-state index in [0.29, 0.717) is 6.42 Å². The minimum atomic E-state index is -0.336. The third-order valence-corrected chi connectivity index (χ3v) is 4.08. The molecule has 0 aromatic rings. The maximum atomic E-state index is 12.1. The molecule has 3 aliphatic rings. The second kappa shape index (κ2) is 4.63. The van der Waals surface area contributed by atoms with Gasteiger partial charge in [0.25, 0.3) is 0 Å². The standard InChI is InChI=1S/C13H20N2O3/c1-8(11-3-2-6-18-11)14-10-7-12(16)15(13(10)17)9-4-5-9/h8-11,14H,2-7H2,1H3. The van der Waals surface area contributed by atoms with E-state index < -0.39 is 0 Å². The van der Waals surface area contributed by atoms with Gasteiger partial charge >= 0.3 is 0 Å². The summed E-state index contributed by atoms with van der Waals surface area (Å²) in [6.45, 7) is 2.84. The van der Waals surface area contributed by atoms with Crippen LogP contribution >= 0.6 is 0 Å². The van der Waals surface area contributed by atoms with E-state index in [4.69, 9.17) is 4.74 Å². The lowest BCUT2D eigenvalue weighted by atomic mass is 10.1. The molecule has 0 aromatic heterocycles. The van der Waals surface area contributed by atoms with Gasteiger partial charge in [0.15, 0.2) is 0 Å². The summed E-state index contributed by atoms with van der Waals surface area (Å²) in [5, 5.41) is 3.28. The van der Waals surface area contributed by atoms with E-state index in [0.717, 1.165) is 32.3 Å². The first-order valence-corrected chi connectivity index (χ1v) is 6.90. The van der Waals surface area contributed by atoms with Crippen molar-refractivity contribution in [3.63, 3.8) is 0 Å². The lowest BCUT2D eigenvalue weighted by molar-refractivity contribution is -0.139. The van der Waals surface area contributed by atoms with Crippen molar-refractivity contribution in [1.82, 2.24) is 10.2 Å². The smallest absolute Gasteiger partial charge is 0.247 e. The topological polar surface area (TPSA) is 58.6 Å². The van der Waals surface area contributed by atoms with Gasteiger partial charge in [0.2, 0.25) is 11.8 Å². The normalized spacial score (nSPS) is 34.4. The molecule has 3 fully saturated rings. The van der Waals surface area contributed by atoms with Crippen molar-refractivity contribution in [2.45, 2.75) is 63.3 Å². The fourth-order valence-corrected chi connectivity index (χ4v) is 2.92. The molecule has 3 rings (SSSR count). The molecule has 1 saturated carbocycles. The van der Waals surface area contributed by atoms with Gasteiger partial charge in [-0.15, -0.1) is 0 Å². The number of rotatable bonds is 4. The van der Waals surface area contributed by atoms with Crippen LogP contribution in [0.2, 0.25) is 0 Å². The summed E-state index contributed by atoms with van der Waals surface area (Å²) >= 11 is 0. The molecule has 3 atom stereocenters. The third kappa shape index (κ3) is 2.17. The lowest BCUT2D eigenvalue weighted by Crippen LogP contribution is -2.47. The van der Waals surface area contributed by atoms with Crippen LogP contribution in [0.4, 0.5) is 0 Å². The maximum absolute atomic E-state index is 12.1. The van der Waals surface area contributed by atoms with Gasteiger partial charge in [-0.05, 0) is 32.6 Å². The molecule has 5 nitrogen and oxygen atoms in total. The Morgan fingerprint density at radius 2 is 2.11 bits per heavy atom. The number of nitrogens with zero attached hydrogens (tertiary/aromatic N) is 1. The van der Waals surface area contributed by atoms with Crippen LogP contribution in [0.5, 0.6) is 0 Å². The van der Waals surface area contributed by atoms with Crippen molar-refractivity contribution in [2.24, 2.45) is 0 Å². The van der Waals surface area contributed by atoms with Crippen LogP contribution in [-0.4, -0.2) is 47.6 Å². The van der Waals surface area contributed by atoms with Crippen molar-refractivity contribution < 1.29 is 14.3 Å². The Hall–Kier alpha value is -0.940. The van der Waals surface area contributed by atoms with Gasteiger partial charge in [-0.3, -0.25) is 14.5 Å². The van der Waals surface area contributed by atoms with Crippen molar-refractivity contribution in [3.8, 4) is 0 Å². The third-order valence-electron chi connectivity index (χ3n) is 4.08. The van der Waals surface area contributed by atoms with Crippen molar-refractivity contribution >= 4 is 11.8 Å². The van der Waals surface area contributed by atoms with E-state index in [1.807, 2.05) is 6.92 Å². The van der Waals surface area contributed by atoms with E-state index >= 15 is 0 Å². The number of hydrogen-bond acceptors (Lipinski definition) is 4. The predicted octanol–water partition coefficient (Wildman–Crippen LogP) is 0.433. The predicted molar refractivity (Wildman–Crippen MR) is 64.9 cm³/mol. The molecular weight excluding hydrogens is 232 g/mol. The summed E-state index contributed by atoms with van der Waals surface area (Å²) in [4.78, 5) is 25.4. The zero-order valence-corrected chi connectivity index (χ0v) is 10.7. The number of ether oxygens (including phenoxy) is 1. The molecule has 1 aliphatic carbocycles. The largest absolute Gasteiger partial charge is 0.377 e. The Morgan fingerprint density at radius 3 is 2.72 bits per heavy atom. The van der Waals surface area contributed by atoms with Gasteiger partial charge in [0.05, 0.1) is 18.6 Å². The first-order chi connectivity index (χ1) is 8.66. The van der Waals surface area contributed by atoms with Crippen LogP contribution in [-0.2, 0) is 14.3 Å². The van der Waals surface area contributed by atoms with E-state index in [1.54, 1.807) is 0 Å². The second-order valence-electron chi connectivity index (χ2n) is 5.60. The van der Waals surface area contributed by atoms with E-state index in [9.17, 15) is 9.59 Å². The minimum Gasteiger partial charge on any atom is -0.377 e. The average molecular weight is 252 g/mol. The van der Waals surface area contributed by atoms with E-state index in [1.165, 1.54) is 4.90 Å². The highest BCUT2D eigenvalue weighted by Crippen LogP contribution is 2.31. The van der Waals surface area contributed by atoms with Crippen LogP contribution in [0, 0.1) is 0 Å².